The van der Waals surface area contributed by atoms with E-state index in [9.17, 15) is 39.6 Å². The Morgan fingerprint density at radius 2 is 1.65 bits per heavy atom. The van der Waals surface area contributed by atoms with Crippen LogP contribution >= 0.6 is 0 Å². The van der Waals surface area contributed by atoms with Crippen LogP contribution in [0.4, 0.5) is 0 Å². The fraction of sp³-hybridized carbons (Fsp3) is 0.500. The number of aliphatic hydroxyl groups is 3. The number of rotatable bonds is 3. The number of aliphatic hydroxyl groups excluding tert-OH is 2. The first-order valence-electron chi connectivity index (χ1n) is 13.5. The molecule has 1 aromatic rings. The van der Waals surface area contributed by atoms with Gasteiger partial charge in [0.05, 0.1) is 11.1 Å². The standard InChI is InChI=1S/C32H36O8/c1-14(2)19-11-18(10-9-16(5)33)25(35)22-20(19)12-30(7)13-31(8)23(15(3)4)26(36)21(17(6)34)28(38)32(31,40)29(39)24(30)27(22)37/h11,14-15,23,35-36,39-40H,12-13H2,1-8H3/t23?,30-,31-,32+/m1/s1. The molecule has 3 aliphatic rings. The van der Waals surface area contributed by atoms with Crippen molar-refractivity contribution in [3.05, 3.63) is 51.0 Å². The molecule has 4 atom stereocenters. The summed E-state index contributed by atoms with van der Waals surface area (Å²) in [5.41, 5.74) is -4.78. The van der Waals surface area contributed by atoms with E-state index in [2.05, 4.69) is 11.8 Å². The van der Waals surface area contributed by atoms with E-state index in [1.54, 1.807) is 33.8 Å². The van der Waals surface area contributed by atoms with Crippen molar-refractivity contribution in [3.63, 3.8) is 0 Å². The lowest BCUT2D eigenvalue weighted by Gasteiger charge is -2.59. The van der Waals surface area contributed by atoms with E-state index in [0.29, 0.717) is 5.56 Å². The third-order valence-corrected chi connectivity index (χ3v) is 9.04. The van der Waals surface area contributed by atoms with Gasteiger partial charge in [-0.15, -0.1) is 0 Å². The van der Waals surface area contributed by atoms with Crippen LogP contribution in [-0.4, -0.2) is 49.2 Å². The highest BCUT2D eigenvalue weighted by atomic mass is 16.3. The smallest absolute Gasteiger partial charge is 0.209 e. The maximum absolute atomic E-state index is 14.2. The number of allylic oxidation sites excluding steroid dienone is 2. The van der Waals surface area contributed by atoms with Gasteiger partial charge in [0.25, 0.3) is 0 Å². The molecule has 0 aliphatic heterocycles. The van der Waals surface area contributed by atoms with Crippen LogP contribution < -0.4 is 0 Å². The van der Waals surface area contributed by atoms with E-state index in [0.717, 1.165) is 12.5 Å². The van der Waals surface area contributed by atoms with Crippen molar-refractivity contribution in [2.75, 3.05) is 0 Å². The fourth-order valence-electron chi connectivity index (χ4n) is 7.59. The van der Waals surface area contributed by atoms with Crippen LogP contribution in [0.1, 0.15) is 94.8 Å². The summed E-state index contributed by atoms with van der Waals surface area (Å²) in [6.07, 6.45) is 0.207. The summed E-state index contributed by atoms with van der Waals surface area (Å²) in [6.45, 7) is 13.2. The van der Waals surface area contributed by atoms with Gasteiger partial charge >= 0.3 is 0 Å². The number of carbonyl (C=O) groups excluding carboxylic acids is 4. The summed E-state index contributed by atoms with van der Waals surface area (Å²) in [5.74, 6) is -1.16. The Balaban J connectivity index is 2.10. The monoisotopic (exact) mass is 548 g/mol. The minimum Gasteiger partial charge on any atom is -0.511 e. The van der Waals surface area contributed by atoms with Crippen LogP contribution in [0.2, 0.25) is 0 Å². The number of phenols is 1. The molecule has 212 valence electrons. The Bertz CT molecular complexity index is 1530. The van der Waals surface area contributed by atoms with Gasteiger partial charge in [-0.1, -0.05) is 47.5 Å². The molecule has 4 N–H and O–H groups in total. The molecular weight excluding hydrogens is 512 g/mol. The summed E-state index contributed by atoms with van der Waals surface area (Å²) >= 11 is 0. The zero-order chi connectivity index (χ0) is 30.3. The molecule has 0 aromatic heterocycles. The maximum atomic E-state index is 14.2. The third kappa shape index (κ3) is 3.71. The zero-order valence-electron chi connectivity index (χ0n) is 24.1. The molecule has 8 heteroatoms. The van der Waals surface area contributed by atoms with Crippen molar-refractivity contribution < 1.29 is 39.6 Å². The second-order valence-corrected chi connectivity index (χ2v) is 12.6. The van der Waals surface area contributed by atoms with E-state index in [1.807, 2.05) is 13.8 Å². The topological polar surface area (TPSA) is 149 Å². The lowest BCUT2D eigenvalue weighted by atomic mass is 9.44. The highest BCUT2D eigenvalue weighted by molar-refractivity contribution is 6.25. The van der Waals surface area contributed by atoms with E-state index in [-0.39, 0.29) is 41.4 Å². The predicted octanol–water partition coefficient (Wildman–Crippen LogP) is 4.41. The summed E-state index contributed by atoms with van der Waals surface area (Å²) in [7, 11) is 0. The number of hydrogen-bond donors (Lipinski definition) is 4. The molecule has 4 rings (SSSR count). The van der Waals surface area contributed by atoms with Crippen molar-refractivity contribution >= 4 is 23.1 Å². The Labute approximate surface area is 233 Å². The van der Waals surface area contributed by atoms with Crippen LogP contribution in [0.25, 0.3) is 0 Å². The van der Waals surface area contributed by atoms with Crippen molar-refractivity contribution in [2.45, 2.75) is 79.8 Å². The molecule has 0 amide bonds. The summed E-state index contributed by atoms with van der Waals surface area (Å²) in [5, 5.41) is 46.3. The molecule has 40 heavy (non-hydrogen) atoms. The number of benzene rings is 1. The Morgan fingerprint density at radius 3 is 2.15 bits per heavy atom. The van der Waals surface area contributed by atoms with Gasteiger partial charge in [-0.05, 0) is 54.7 Å². The van der Waals surface area contributed by atoms with E-state index >= 15 is 0 Å². The van der Waals surface area contributed by atoms with Gasteiger partial charge in [0.1, 0.15) is 22.8 Å². The van der Waals surface area contributed by atoms with Crippen molar-refractivity contribution in [3.8, 4) is 17.6 Å². The van der Waals surface area contributed by atoms with Gasteiger partial charge in [-0.2, -0.15) is 0 Å². The molecule has 0 heterocycles. The molecular formula is C32H36O8. The lowest BCUT2D eigenvalue weighted by molar-refractivity contribution is -0.171. The molecule has 0 bridgehead atoms. The number of Topliss-reactive ketones (excluding diaryl/α,β-unsaturated/α-hetero) is 4. The van der Waals surface area contributed by atoms with Crippen LogP contribution in [0.15, 0.2) is 28.7 Å². The Kier molecular flexibility index (Phi) is 6.71. The van der Waals surface area contributed by atoms with Crippen LogP contribution in [0.3, 0.4) is 0 Å². The zero-order valence-corrected chi connectivity index (χ0v) is 24.1. The molecule has 0 radical (unpaired) electrons. The first kappa shape index (κ1) is 29.3. The molecule has 1 unspecified atom stereocenters. The van der Waals surface area contributed by atoms with Crippen molar-refractivity contribution in [1.29, 1.82) is 0 Å². The minimum atomic E-state index is -2.67. The normalized spacial score (nSPS) is 29.6. The average Bonchev–Trinajstić information content (AvgIpc) is 2.80. The number of fused-ring (bicyclic) bond motifs is 3. The van der Waals surface area contributed by atoms with Gasteiger partial charge in [0.2, 0.25) is 11.6 Å². The minimum absolute atomic E-state index is 0.0229. The van der Waals surface area contributed by atoms with Crippen molar-refractivity contribution in [1.82, 2.24) is 0 Å². The molecule has 0 spiro atoms. The number of aromatic hydroxyl groups is 1. The molecule has 3 aliphatic carbocycles. The third-order valence-electron chi connectivity index (χ3n) is 9.04. The average molecular weight is 549 g/mol. The van der Waals surface area contributed by atoms with Gasteiger partial charge in [-0.25, -0.2) is 0 Å². The second kappa shape index (κ2) is 9.17. The van der Waals surface area contributed by atoms with Gasteiger partial charge in [0, 0.05) is 29.2 Å². The number of carbonyl (C=O) groups is 4. The molecule has 0 fully saturated rings. The number of hydrogen-bond acceptors (Lipinski definition) is 8. The predicted molar refractivity (Wildman–Crippen MR) is 147 cm³/mol. The highest BCUT2D eigenvalue weighted by Crippen LogP contribution is 2.65. The summed E-state index contributed by atoms with van der Waals surface area (Å²) in [6, 6.07) is 1.66. The maximum Gasteiger partial charge on any atom is 0.209 e. The lowest BCUT2D eigenvalue weighted by Crippen LogP contribution is -2.67. The summed E-state index contributed by atoms with van der Waals surface area (Å²) < 4.78 is 0. The Morgan fingerprint density at radius 1 is 1.05 bits per heavy atom. The van der Waals surface area contributed by atoms with Gasteiger partial charge < -0.3 is 20.4 Å². The molecule has 0 saturated heterocycles. The fourth-order valence-corrected chi connectivity index (χ4v) is 7.59. The van der Waals surface area contributed by atoms with Crippen LogP contribution in [0.5, 0.6) is 5.75 Å². The Hall–Kier alpha value is -3.70. The largest absolute Gasteiger partial charge is 0.511 e. The first-order valence-corrected chi connectivity index (χ1v) is 13.5. The molecule has 8 nitrogen and oxygen atoms in total. The summed E-state index contributed by atoms with van der Waals surface area (Å²) in [4.78, 5) is 52.0. The first-order chi connectivity index (χ1) is 18.3. The second-order valence-electron chi connectivity index (χ2n) is 12.6. The number of phenolic OH excluding ortho intramolecular Hbond substituents is 1. The van der Waals surface area contributed by atoms with E-state index in [4.69, 9.17) is 0 Å². The molecule has 0 saturated carbocycles. The SMILES string of the molecule is CC(=O)C#Cc1cc(C(C)C)c2c(c1O)C(=O)C1=C(O)[C@@]3(O)C(=O)C(C(C)=O)=C(O)C(C(C)C)[C@@]3(C)C[C@@]1(C)C2. The van der Waals surface area contributed by atoms with E-state index < -0.39 is 68.3 Å². The van der Waals surface area contributed by atoms with Crippen molar-refractivity contribution in [2.24, 2.45) is 22.7 Å². The molecule has 1 aromatic carbocycles. The van der Waals surface area contributed by atoms with Gasteiger partial charge in [0.15, 0.2) is 17.2 Å². The number of ketones is 4. The quantitative estimate of drug-likeness (QED) is 0.321. The highest BCUT2D eigenvalue weighted by Gasteiger charge is 2.71. The van der Waals surface area contributed by atoms with Crippen LogP contribution in [-0.2, 0) is 20.8 Å². The van der Waals surface area contributed by atoms with E-state index in [1.165, 1.54) is 6.92 Å². The van der Waals surface area contributed by atoms with Crippen LogP contribution in [0, 0.1) is 34.5 Å². The van der Waals surface area contributed by atoms with Gasteiger partial charge in [-0.3, -0.25) is 19.2 Å².